The van der Waals surface area contributed by atoms with Crippen LogP contribution in [0.3, 0.4) is 0 Å². The van der Waals surface area contributed by atoms with Crippen LogP contribution in [0.4, 0.5) is 0 Å². The minimum atomic E-state index is -1.92. The first-order valence-electron chi connectivity index (χ1n) is 30.2. The summed E-state index contributed by atoms with van der Waals surface area (Å²) >= 11 is 0. The number of aliphatic hydroxyl groups is 2. The van der Waals surface area contributed by atoms with Crippen LogP contribution >= 0.6 is 0 Å². The van der Waals surface area contributed by atoms with Crippen molar-refractivity contribution >= 4 is 23.9 Å². The van der Waals surface area contributed by atoms with Gasteiger partial charge in [-0.1, -0.05) is 234 Å². The summed E-state index contributed by atoms with van der Waals surface area (Å²) in [6, 6.07) is 0. The summed E-state index contributed by atoms with van der Waals surface area (Å²) in [4.78, 5) is 51.1. The molecule has 1 aliphatic heterocycles. The lowest BCUT2D eigenvalue weighted by atomic mass is 9.98. The molecule has 0 aliphatic carbocycles. The Morgan fingerprint density at radius 1 is 0.442 bits per heavy atom. The molecule has 1 saturated heterocycles. The molecular formula is C65H106O12. The second kappa shape index (κ2) is 52.3. The third kappa shape index (κ3) is 42.3. The van der Waals surface area contributed by atoms with Crippen LogP contribution < -0.4 is 0 Å². The van der Waals surface area contributed by atoms with Gasteiger partial charge < -0.3 is 39.0 Å². The maximum atomic E-state index is 13.2. The summed E-state index contributed by atoms with van der Waals surface area (Å²) in [5.41, 5.74) is 0. The predicted molar refractivity (Wildman–Crippen MR) is 312 cm³/mol. The van der Waals surface area contributed by atoms with Crippen LogP contribution in [0.2, 0.25) is 0 Å². The summed E-state index contributed by atoms with van der Waals surface area (Å²) in [5.74, 6) is -3.25. The van der Waals surface area contributed by atoms with E-state index >= 15 is 0 Å². The molecule has 0 amide bonds. The van der Waals surface area contributed by atoms with Gasteiger partial charge in [0.25, 0.3) is 0 Å². The molecule has 6 atom stereocenters. The zero-order chi connectivity index (χ0) is 56.1. The number of aliphatic carboxylic acids is 1. The number of carbonyl (C=O) groups is 4. The van der Waals surface area contributed by atoms with Crippen molar-refractivity contribution in [2.45, 2.75) is 276 Å². The lowest BCUT2D eigenvalue weighted by Crippen LogP contribution is -2.61. The van der Waals surface area contributed by atoms with Gasteiger partial charge in [-0.25, -0.2) is 4.79 Å². The monoisotopic (exact) mass is 1080 g/mol. The van der Waals surface area contributed by atoms with Crippen LogP contribution in [0.25, 0.3) is 0 Å². The van der Waals surface area contributed by atoms with Gasteiger partial charge in [-0.2, -0.15) is 0 Å². The van der Waals surface area contributed by atoms with E-state index in [9.17, 15) is 34.5 Å². The zero-order valence-corrected chi connectivity index (χ0v) is 48.2. The predicted octanol–water partition coefficient (Wildman–Crippen LogP) is 15.7. The lowest BCUT2D eigenvalue weighted by molar-refractivity contribution is -0.301. The van der Waals surface area contributed by atoms with E-state index in [1.807, 2.05) is 12.2 Å². The molecule has 0 spiro atoms. The van der Waals surface area contributed by atoms with E-state index in [0.717, 1.165) is 109 Å². The van der Waals surface area contributed by atoms with Crippen molar-refractivity contribution in [1.82, 2.24) is 0 Å². The molecule has 0 aromatic carbocycles. The van der Waals surface area contributed by atoms with E-state index in [1.54, 1.807) is 0 Å². The molecule has 1 fully saturated rings. The average Bonchev–Trinajstić information content (AvgIpc) is 3.42. The number of hydrogen-bond donors (Lipinski definition) is 3. The molecule has 0 saturated carbocycles. The molecule has 0 radical (unpaired) electrons. The Kier molecular flexibility index (Phi) is 48.0. The number of esters is 3. The molecule has 1 rings (SSSR count). The van der Waals surface area contributed by atoms with Crippen LogP contribution in [-0.2, 0) is 42.9 Å². The Balaban J connectivity index is 2.74. The molecule has 77 heavy (non-hydrogen) atoms. The third-order valence-corrected chi connectivity index (χ3v) is 13.1. The van der Waals surface area contributed by atoms with E-state index in [2.05, 4.69) is 106 Å². The Morgan fingerprint density at radius 3 is 1.35 bits per heavy atom. The number of carboxylic acid groups (broad SMARTS) is 1. The van der Waals surface area contributed by atoms with E-state index in [0.29, 0.717) is 19.3 Å². The summed E-state index contributed by atoms with van der Waals surface area (Å²) in [6.07, 6.45) is 56.7. The Bertz CT molecular complexity index is 1710. The number of allylic oxidation sites excluding steroid dienone is 16. The number of ether oxygens (including phenoxy) is 5. The van der Waals surface area contributed by atoms with E-state index in [1.165, 1.54) is 70.6 Å². The molecule has 0 bridgehead atoms. The van der Waals surface area contributed by atoms with Gasteiger partial charge in [0, 0.05) is 19.3 Å². The minimum Gasteiger partial charge on any atom is -0.479 e. The van der Waals surface area contributed by atoms with E-state index in [-0.39, 0.29) is 25.9 Å². The fourth-order valence-corrected chi connectivity index (χ4v) is 8.55. The first-order chi connectivity index (χ1) is 37.6. The highest BCUT2D eigenvalue weighted by Gasteiger charge is 2.50. The van der Waals surface area contributed by atoms with Gasteiger partial charge in [-0.05, 0) is 83.5 Å². The number of rotatable bonds is 50. The smallest absolute Gasteiger partial charge is 0.335 e. The maximum Gasteiger partial charge on any atom is 0.335 e. The van der Waals surface area contributed by atoms with Gasteiger partial charge in [0.05, 0.1) is 6.61 Å². The van der Waals surface area contributed by atoms with Gasteiger partial charge in [-0.15, -0.1) is 0 Å². The first-order valence-corrected chi connectivity index (χ1v) is 30.2. The van der Waals surface area contributed by atoms with Crippen molar-refractivity contribution in [1.29, 1.82) is 0 Å². The van der Waals surface area contributed by atoms with Crippen molar-refractivity contribution in [3.63, 3.8) is 0 Å². The van der Waals surface area contributed by atoms with E-state index < -0.39 is 67.3 Å². The van der Waals surface area contributed by atoms with Crippen molar-refractivity contribution < 1.29 is 58.2 Å². The summed E-state index contributed by atoms with van der Waals surface area (Å²) in [6.45, 7) is 5.74. The second-order valence-electron chi connectivity index (χ2n) is 20.3. The molecular weight excluding hydrogens is 973 g/mol. The zero-order valence-electron chi connectivity index (χ0n) is 48.2. The van der Waals surface area contributed by atoms with Crippen molar-refractivity contribution in [2.24, 2.45) is 0 Å². The molecule has 3 N–H and O–H groups in total. The Morgan fingerprint density at radius 2 is 0.870 bits per heavy atom. The molecule has 0 aromatic heterocycles. The summed E-state index contributed by atoms with van der Waals surface area (Å²) < 4.78 is 28.3. The van der Waals surface area contributed by atoms with Crippen LogP contribution in [-0.4, -0.2) is 89.2 Å². The fraction of sp³-hybridized carbons (Fsp3) is 0.692. The van der Waals surface area contributed by atoms with Crippen molar-refractivity contribution in [2.75, 3.05) is 13.2 Å². The molecule has 438 valence electrons. The molecule has 1 heterocycles. The maximum absolute atomic E-state index is 13.2. The number of carboxylic acids is 1. The van der Waals surface area contributed by atoms with Gasteiger partial charge in [-0.3, -0.25) is 14.4 Å². The van der Waals surface area contributed by atoms with Crippen molar-refractivity contribution in [3.05, 3.63) is 97.2 Å². The van der Waals surface area contributed by atoms with E-state index in [4.69, 9.17) is 23.7 Å². The van der Waals surface area contributed by atoms with Crippen LogP contribution in [0.5, 0.6) is 0 Å². The average molecular weight is 1080 g/mol. The highest BCUT2D eigenvalue weighted by atomic mass is 16.7. The lowest BCUT2D eigenvalue weighted by Gasteiger charge is -2.40. The SMILES string of the molecule is CC/C=C\C/C=C\C/C=C\C/C=C\C/C=C\C/C=C\CCC(=O)OCC(COC1OC(C(=O)O)C(O)C(O)C1OC(=O)CCCCCCC/C=C\C/C=C\CCC)OC(=O)CCCCCCCCCCCCCCCCC. The molecule has 1 aliphatic rings. The number of unbranched alkanes of at least 4 members (excludes halogenated alkanes) is 20. The highest BCUT2D eigenvalue weighted by molar-refractivity contribution is 5.74. The van der Waals surface area contributed by atoms with Crippen LogP contribution in [0.15, 0.2) is 97.2 Å². The Labute approximate surface area is 466 Å². The normalized spacial score (nSPS) is 18.7. The standard InChI is InChI=1S/C65H106O12/c1-4-7-10-13-16-19-22-25-27-28-29-30-32-34-36-39-42-45-48-51-57(66)73-54-56(75-58(67)52-49-46-43-40-38-35-31-26-23-20-17-14-11-8-5-2)55-74-65-63(61(70)60(69)62(77-65)64(71)72)76-59(68)53-50-47-44-41-37-33-24-21-18-15-12-9-6-3/h7,10,12,15-16,19,21,24-25,27,29-30,34,36,42,45,56,60-63,65,69-70H,4-6,8-9,11,13-14,17-18,20,22-23,26,28,31-33,35,37-41,43-44,46-55H2,1-3H3,(H,71,72)/b10-7-,15-12-,19-16-,24-21-,27-25-,30-29-,36-34-,45-42-. The minimum absolute atomic E-state index is 0.0342. The number of hydrogen-bond acceptors (Lipinski definition) is 11. The largest absolute Gasteiger partial charge is 0.479 e. The highest BCUT2D eigenvalue weighted by Crippen LogP contribution is 2.26. The van der Waals surface area contributed by atoms with Crippen LogP contribution in [0, 0.1) is 0 Å². The first kappa shape index (κ1) is 70.7. The van der Waals surface area contributed by atoms with Gasteiger partial charge in [0.2, 0.25) is 0 Å². The second-order valence-corrected chi connectivity index (χ2v) is 20.3. The summed E-state index contributed by atoms with van der Waals surface area (Å²) in [5, 5.41) is 31.5. The quantitative estimate of drug-likeness (QED) is 0.0228. The summed E-state index contributed by atoms with van der Waals surface area (Å²) in [7, 11) is 0. The Hall–Kier alpha value is -4.36. The van der Waals surface area contributed by atoms with Crippen molar-refractivity contribution in [3.8, 4) is 0 Å². The topological polar surface area (TPSA) is 175 Å². The van der Waals surface area contributed by atoms with Crippen LogP contribution in [0.1, 0.15) is 239 Å². The van der Waals surface area contributed by atoms with Gasteiger partial charge >= 0.3 is 23.9 Å². The molecule has 0 aromatic rings. The molecule has 12 nitrogen and oxygen atoms in total. The third-order valence-electron chi connectivity index (χ3n) is 13.1. The fourth-order valence-electron chi connectivity index (χ4n) is 8.55. The number of aliphatic hydroxyl groups excluding tert-OH is 2. The van der Waals surface area contributed by atoms with Gasteiger partial charge in [0.15, 0.2) is 24.6 Å². The number of carbonyl (C=O) groups excluding carboxylic acids is 3. The van der Waals surface area contributed by atoms with Gasteiger partial charge in [0.1, 0.15) is 18.8 Å². The molecule has 12 heteroatoms. The molecule has 6 unspecified atom stereocenters.